The molecule has 0 aromatic heterocycles. The van der Waals surface area contributed by atoms with Gasteiger partial charge in [0.2, 0.25) is 11.8 Å². The zero-order chi connectivity index (χ0) is 18.0. The Balaban J connectivity index is 1.63. The van der Waals surface area contributed by atoms with E-state index in [9.17, 15) is 14.0 Å². The molecular weight excluding hydrogens is 319 g/mol. The number of halogens is 1. The highest BCUT2D eigenvalue weighted by molar-refractivity contribution is 5.97. The number of nitrogens with one attached hydrogen (secondary N) is 1. The van der Waals surface area contributed by atoms with Crippen molar-refractivity contribution in [2.75, 3.05) is 11.9 Å². The molecule has 2 aromatic rings. The van der Waals surface area contributed by atoms with Crippen LogP contribution in [0, 0.1) is 25.6 Å². The Hall–Kier alpha value is -2.69. The zero-order valence-electron chi connectivity index (χ0n) is 14.4. The van der Waals surface area contributed by atoms with E-state index in [1.54, 1.807) is 17.0 Å². The van der Waals surface area contributed by atoms with E-state index >= 15 is 0 Å². The second kappa shape index (κ2) is 7.05. The first kappa shape index (κ1) is 17.1. The number of nitrogens with zero attached hydrogens (tertiary/aromatic N) is 1. The van der Waals surface area contributed by atoms with Gasteiger partial charge in [0.15, 0.2) is 0 Å². The molecule has 4 nitrogen and oxygen atoms in total. The normalized spacial score (nSPS) is 17.0. The van der Waals surface area contributed by atoms with E-state index in [2.05, 4.69) is 5.32 Å². The third-order valence-corrected chi connectivity index (χ3v) is 4.51. The molecule has 5 heteroatoms. The lowest BCUT2D eigenvalue weighted by molar-refractivity contribution is -0.128. The Morgan fingerprint density at radius 1 is 1.20 bits per heavy atom. The average molecular weight is 340 g/mol. The molecule has 1 saturated heterocycles. The molecule has 1 N–H and O–H groups in total. The monoisotopic (exact) mass is 340 g/mol. The van der Waals surface area contributed by atoms with Crippen LogP contribution in [0.15, 0.2) is 42.5 Å². The van der Waals surface area contributed by atoms with E-state index in [1.165, 1.54) is 12.1 Å². The second-order valence-corrected chi connectivity index (χ2v) is 6.61. The minimum Gasteiger partial charge on any atom is -0.338 e. The fraction of sp³-hybridized carbons (Fsp3) is 0.300. The van der Waals surface area contributed by atoms with Crippen molar-refractivity contribution in [2.45, 2.75) is 26.8 Å². The Kier molecular flexibility index (Phi) is 4.83. The number of hydrogen-bond acceptors (Lipinski definition) is 2. The van der Waals surface area contributed by atoms with Crippen molar-refractivity contribution in [1.82, 2.24) is 4.90 Å². The zero-order valence-corrected chi connectivity index (χ0v) is 14.4. The predicted molar refractivity (Wildman–Crippen MR) is 94.5 cm³/mol. The third-order valence-electron chi connectivity index (χ3n) is 4.51. The molecule has 25 heavy (non-hydrogen) atoms. The van der Waals surface area contributed by atoms with Crippen LogP contribution in [-0.4, -0.2) is 23.3 Å². The van der Waals surface area contributed by atoms with Gasteiger partial charge in [0.25, 0.3) is 0 Å². The number of hydrogen-bond donors (Lipinski definition) is 1. The van der Waals surface area contributed by atoms with Crippen LogP contribution in [0.3, 0.4) is 0 Å². The molecule has 0 radical (unpaired) electrons. The largest absolute Gasteiger partial charge is 0.338 e. The predicted octanol–water partition coefficient (Wildman–Crippen LogP) is 3.43. The van der Waals surface area contributed by atoms with Crippen molar-refractivity contribution >= 4 is 17.5 Å². The van der Waals surface area contributed by atoms with Gasteiger partial charge in [0.05, 0.1) is 5.92 Å². The molecule has 2 aromatic carbocycles. The van der Waals surface area contributed by atoms with Gasteiger partial charge < -0.3 is 10.2 Å². The van der Waals surface area contributed by atoms with Gasteiger partial charge in [-0.3, -0.25) is 9.59 Å². The molecule has 2 amide bonds. The Labute approximate surface area is 146 Å². The first-order chi connectivity index (χ1) is 11.9. The van der Waals surface area contributed by atoms with Gasteiger partial charge in [0.1, 0.15) is 5.82 Å². The van der Waals surface area contributed by atoms with Crippen molar-refractivity contribution in [2.24, 2.45) is 5.92 Å². The van der Waals surface area contributed by atoms with Crippen LogP contribution in [0.25, 0.3) is 0 Å². The van der Waals surface area contributed by atoms with Crippen LogP contribution >= 0.6 is 0 Å². The maximum Gasteiger partial charge on any atom is 0.229 e. The quantitative estimate of drug-likeness (QED) is 0.927. The summed E-state index contributed by atoms with van der Waals surface area (Å²) < 4.78 is 13.0. The second-order valence-electron chi connectivity index (χ2n) is 6.61. The molecule has 0 bridgehead atoms. The van der Waals surface area contributed by atoms with Crippen molar-refractivity contribution in [3.8, 4) is 0 Å². The minimum atomic E-state index is -0.367. The van der Waals surface area contributed by atoms with Crippen molar-refractivity contribution in [3.05, 3.63) is 65.0 Å². The van der Waals surface area contributed by atoms with Gasteiger partial charge in [-0.2, -0.15) is 0 Å². The topological polar surface area (TPSA) is 49.4 Å². The maximum absolute atomic E-state index is 13.0. The number of anilines is 1. The molecule has 130 valence electrons. The highest BCUT2D eigenvalue weighted by Crippen LogP contribution is 2.23. The smallest absolute Gasteiger partial charge is 0.229 e. The number of aryl methyl sites for hydroxylation is 2. The van der Waals surface area contributed by atoms with Gasteiger partial charge >= 0.3 is 0 Å². The van der Waals surface area contributed by atoms with Crippen LogP contribution in [0.5, 0.6) is 0 Å². The van der Waals surface area contributed by atoms with E-state index in [4.69, 9.17) is 0 Å². The molecule has 1 aliphatic heterocycles. The third kappa shape index (κ3) is 4.05. The summed E-state index contributed by atoms with van der Waals surface area (Å²) in [5.41, 5.74) is 3.77. The number of carbonyl (C=O) groups excluding carboxylic acids is 2. The molecule has 0 saturated carbocycles. The van der Waals surface area contributed by atoms with Crippen molar-refractivity contribution in [1.29, 1.82) is 0 Å². The highest BCUT2D eigenvalue weighted by Gasteiger charge is 2.34. The summed E-state index contributed by atoms with van der Waals surface area (Å²) in [6, 6.07) is 11.9. The van der Waals surface area contributed by atoms with Gasteiger partial charge in [-0.05, 0) is 43.2 Å². The maximum atomic E-state index is 13.0. The van der Waals surface area contributed by atoms with Gasteiger partial charge in [0, 0.05) is 25.2 Å². The van der Waals surface area contributed by atoms with E-state index in [-0.39, 0.29) is 30.0 Å². The van der Waals surface area contributed by atoms with E-state index < -0.39 is 0 Å². The van der Waals surface area contributed by atoms with E-state index in [1.807, 2.05) is 32.0 Å². The van der Waals surface area contributed by atoms with Crippen LogP contribution < -0.4 is 5.32 Å². The Morgan fingerprint density at radius 2 is 1.92 bits per heavy atom. The fourth-order valence-corrected chi connectivity index (χ4v) is 3.10. The Bertz CT molecular complexity index is 802. The van der Waals surface area contributed by atoms with Crippen molar-refractivity contribution in [3.63, 3.8) is 0 Å². The van der Waals surface area contributed by atoms with E-state index in [0.29, 0.717) is 13.1 Å². The lowest BCUT2D eigenvalue weighted by Crippen LogP contribution is -2.28. The number of rotatable bonds is 4. The summed E-state index contributed by atoms with van der Waals surface area (Å²) in [5, 5.41) is 2.92. The van der Waals surface area contributed by atoms with Crippen LogP contribution in [0.2, 0.25) is 0 Å². The summed E-state index contributed by atoms with van der Waals surface area (Å²) in [6.45, 7) is 4.73. The number of likely N-dealkylation sites (tertiary alicyclic amines) is 1. The molecule has 3 rings (SSSR count). The van der Waals surface area contributed by atoms with Crippen LogP contribution in [0.4, 0.5) is 10.1 Å². The molecular formula is C20H21FN2O2. The summed E-state index contributed by atoms with van der Waals surface area (Å²) in [6.07, 6.45) is 0.206. The van der Waals surface area contributed by atoms with Crippen molar-refractivity contribution < 1.29 is 14.0 Å². The standard InChI is InChI=1S/C20H21FN2O2/c1-13-3-8-18(14(2)9-13)22-20(25)16-10-19(24)23(12-16)11-15-4-6-17(21)7-5-15/h3-9,16H,10-12H2,1-2H3,(H,22,25)/t16-/m1/s1. The first-order valence-electron chi connectivity index (χ1n) is 8.32. The van der Waals surface area contributed by atoms with Gasteiger partial charge in [-0.1, -0.05) is 29.8 Å². The first-order valence-corrected chi connectivity index (χ1v) is 8.32. The lowest BCUT2D eigenvalue weighted by Gasteiger charge is -2.17. The molecule has 0 aliphatic carbocycles. The summed E-state index contributed by atoms with van der Waals surface area (Å²) >= 11 is 0. The SMILES string of the molecule is Cc1ccc(NC(=O)[C@@H]2CC(=O)N(Cc3ccc(F)cc3)C2)c(C)c1. The summed E-state index contributed by atoms with van der Waals surface area (Å²) in [5.74, 6) is -0.858. The molecule has 1 heterocycles. The molecule has 1 aliphatic rings. The molecule has 0 spiro atoms. The molecule has 0 unspecified atom stereocenters. The summed E-state index contributed by atoms with van der Waals surface area (Å²) in [7, 11) is 0. The fourth-order valence-electron chi connectivity index (χ4n) is 3.10. The number of carbonyl (C=O) groups is 2. The minimum absolute atomic E-state index is 0.0508. The number of benzene rings is 2. The van der Waals surface area contributed by atoms with Crippen LogP contribution in [0.1, 0.15) is 23.1 Å². The summed E-state index contributed by atoms with van der Waals surface area (Å²) in [4.78, 5) is 26.3. The lowest BCUT2D eigenvalue weighted by atomic mass is 10.1. The molecule has 1 fully saturated rings. The van der Waals surface area contributed by atoms with E-state index in [0.717, 1.165) is 22.4 Å². The Morgan fingerprint density at radius 3 is 2.60 bits per heavy atom. The highest BCUT2D eigenvalue weighted by atomic mass is 19.1. The average Bonchev–Trinajstić information content (AvgIpc) is 2.93. The van der Waals surface area contributed by atoms with Crippen LogP contribution in [-0.2, 0) is 16.1 Å². The van der Waals surface area contributed by atoms with Gasteiger partial charge in [-0.15, -0.1) is 0 Å². The van der Waals surface area contributed by atoms with Gasteiger partial charge in [-0.25, -0.2) is 4.39 Å². The number of amides is 2. The molecule has 1 atom stereocenters.